The number of hydrogen-bond donors (Lipinski definition) is 2. The summed E-state index contributed by atoms with van der Waals surface area (Å²) in [5, 5.41) is 5.36. The second kappa shape index (κ2) is 9.81. The number of rotatable bonds is 7. The molecule has 3 N–H and O–H groups in total. The maximum Gasteiger partial charge on any atom is 0.298 e. The summed E-state index contributed by atoms with van der Waals surface area (Å²) in [4.78, 5) is 32.0. The third-order valence-corrected chi connectivity index (χ3v) is 6.09. The van der Waals surface area contributed by atoms with E-state index in [0.29, 0.717) is 22.0 Å². The maximum absolute atomic E-state index is 13.6. The van der Waals surface area contributed by atoms with E-state index in [9.17, 15) is 18.0 Å². The highest BCUT2D eigenvalue weighted by atomic mass is 35.5. The van der Waals surface area contributed by atoms with Gasteiger partial charge in [0.2, 0.25) is 5.91 Å². The van der Waals surface area contributed by atoms with Gasteiger partial charge >= 0.3 is 0 Å². The molecule has 0 saturated carbocycles. The number of halogens is 1. The van der Waals surface area contributed by atoms with Gasteiger partial charge in [0.15, 0.2) is 0 Å². The minimum Gasteiger partial charge on any atom is -0.309 e. The van der Waals surface area contributed by atoms with Gasteiger partial charge < -0.3 is 4.90 Å². The molecule has 0 aliphatic carbocycles. The van der Waals surface area contributed by atoms with Crippen molar-refractivity contribution in [1.29, 1.82) is 0 Å². The van der Waals surface area contributed by atoms with Crippen molar-refractivity contribution in [1.82, 2.24) is 4.72 Å². The number of fused-ring (bicyclic) bond motifs is 1. The van der Waals surface area contributed by atoms with E-state index in [1.807, 2.05) is 44.2 Å². The summed E-state index contributed by atoms with van der Waals surface area (Å²) in [7, 11) is -4.18. The van der Waals surface area contributed by atoms with Gasteiger partial charge in [-0.25, -0.2) is 9.86 Å². The molecule has 1 heterocycles. The lowest BCUT2D eigenvalue weighted by molar-refractivity contribution is -0.121. The van der Waals surface area contributed by atoms with Crippen LogP contribution in [-0.2, 0) is 19.8 Å². The molecule has 2 aromatic carbocycles. The number of hydrogen-bond acceptors (Lipinski definition) is 5. The number of aliphatic imine (C=N–C) groups is 1. The van der Waals surface area contributed by atoms with Crippen LogP contribution in [0.2, 0.25) is 5.02 Å². The molecule has 2 atom stereocenters. The summed E-state index contributed by atoms with van der Waals surface area (Å²) in [5.41, 5.74) is 2.69. The number of anilines is 1. The van der Waals surface area contributed by atoms with Crippen LogP contribution in [0.5, 0.6) is 0 Å². The topological polar surface area (TPSA) is 122 Å². The molecule has 0 radical (unpaired) electrons. The molecule has 0 saturated heterocycles. The van der Waals surface area contributed by atoms with Gasteiger partial charge in [-0.1, -0.05) is 62.2 Å². The Balaban J connectivity index is 2.10. The highest BCUT2D eigenvalue weighted by molar-refractivity contribution is 7.87. The zero-order valence-corrected chi connectivity index (χ0v) is 19.4. The fourth-order valence-electron chi connectivity index (χ4n) is 3.55. The van der Waals surface area contributed by atoms with Gasteiger partial charge in [0, 0.05) is 29.1 Å². The van der Waals surface area contributed by atoms with Crippen LogP contribution in [-0.4, -0.2) is 38.5 Å². The van der Waals surface area contributed by atoms with Crippen molar-refractivity contribution in [2.75, 3.05) is 11.4 Å². The summed E-state index contributed by atoms with van der Waals surface area (Å²) in [6, 6.07) is 13.9. The Morgan fingerprint density at radius 3 is 2.56 bits per heavy atom. The first-order chi connectivity index (χ1) is 15.1. The van der Waals surface area contributed by atoms with Crippen LogP contribution in [0.4, 0.5) is 5.69 Å². The quantitative estimate of drug-likeness (QED) is 0.637. The van der Waals surface area contributed by atoms with Crippen LogP contribution in [0.1, 0.15) is 37.8 Å². The second-order valence-electron chi connectivity index (χ2n) is 7.65. The molecular formula is C22H25ClN4O4S. The molecule has 0 unspecified atom stereocenters. The number of nitrogens with two attached hydrogens (primary N) is 1. The monoisotopic (exact) mass is 476 g/mol. The van der Waals surface area contributed by atoms with Crippen LogP contribution in [0.25, 0.3) is 0 Å². The van der Waals surface area contributed by atoms with Crippen LogP contribution in [0.15, 0.2) is 53.5 Å². The van der Waals surface area contributed by atoms with Crippen molar-refractivity contribution in [3.05, 3.63) is 64.7 Å². The van der Waals surface area contributed by atoms with E-state index < -0.39 is 22.2 Å². The average molecular weight is 477 g/mol. The van der Waals surface area contributed by atoms with Crippen molar-refractivity contribution in [3.63, 3.8) is 0 Å². The molecule has 1 aliphatic rings. The number of amides is 2. The van der Waals surface area contributed by atoms with Crippen molar-refractivity contribution in [2.24, 2.45) is 16.0 Å². The molecule has 0 bridgehead atoms. The SMILES string of the molecule is CC[C@H](C)[C@@H]1N=C(c2ccccc2)c2cc(Cl)ccc2N(CCC(=O)NS(N)(=O)=O)C1=O. The lowest BCUT2D eigenvalue weighted by Crippen LogP contribution is -2.43. The summed E-state index contributed by atoms with van der Waals surface area (Å²) < 4.78 is 24.0. The van der Waals surface area contributed by atoms with Gasteiger partial charge in [-0.3, -0.25) is 14.6 Å². The van der Waals surface area contributed by atoms with Gasteiger partial charge in [-0.05, 0) is 24.1 Å². The lowest BCUT2D eigenvalue weighted by atomic mass is 9.98. The normalized spacial score (nSPS) is 17.2. The fourth-order valence-corrected chi connectivity index (χ4v) is 4.14. The molecule has 3 rings (SSSR count). The van der Waals surface area contributed by atoms with E-state index in [-0.39, 0.29) is 24.8 Å². The Labute approximate surface area is 192 Å². The Bertz CT molecular complexity index is 1150. The predicted octanol–water partition coefficient (Wildman–Crippen LogP) is 2.65. The average Bonchev–Trinajstić information content (AvgIpc) is 2.85. The maximum atomic E-state index is 13.6. The molecule has 2 aromatic rings. The Kier molecular flexibility index (Phi) is 7.33. The number of benzene rings is 2. The minimum atomic E-state index is -4.18. The Morgan fingerprint density at radius 1 is 1.25 bits per heavy atom. The first-order valence-electron chi connectivity index (χ1n) is 10.2. The van der Waals surface area contributed by atoms with Crippen molar-refractivity contribution < 1.29 is 18.0 Å². The van der Waals surface area contributed by atoms with Crippen molar-refractivity contribution in [3.8, 4) is 0 Å². The highest BCUT2D eigenvalue weighted by Gasteiger charge is 2.35. The standard InChI is InChI=1S/C22H25ClN4O4S/c1-3-14(2)20-22(29)27(12-11-19(28)26-32(24,30)31)18-10-9-16(23)13-17(18)21(25-20)15-7-5-4-6-8-15/h4-10,13-14,20H,3,11-12H2,1-2H3,(H,26,28)(H2,24,30,31)/t14-,20-/m0/s1. The number of benzodiazepines with no additional fused rings is 1. The van der Waals surface area contributed by atoms with E-state index in [2.05, 4.69) is 0 Å². The number of nitrogens with one attached hydrogen (secondary N) is 1. The number of carbonyl (C=O) groups excluding carboxylic acids is 2. The molecule has 32 heavy (non-hydrogen) atoms. The fraction of sp³-hybridized carbons (Fsp3) is 0.318. The second-order valence-corrected chi connectivity index (χ2v) is 9.38. The van der Waals surface area contributed by atoms with Crippen LogP contribution < -0.4 is 14.8 Å². The van der Waals surface area contributed by atoms with Gasteiger partial charge in [0.25, 0.3) is 16.1 Å². The molecular weight excluding hydrogens is 452 g/mol. The largest absolute Gasteiger partial charge is 0.309 e. The molecule has 0 spiro atoms. The Morgan fingerprint density at radius 2 is 1.94 bits per heavy atom. The smallest absolute Gasteiger partial charge is 0.298 e. The third kappa shape index (κ3) is 5.53. The molecule has 1 aliphatic heterocycles. The molecule has 0 aromatic heterocycles. The molecule has 2 amide bonds. The molecule has 8 nitrogen and oxygen atoms in total. The van der Waals surface area contributed by atoms with E-state index in [1.54, 1.807) is 22.9 Å². The van der Waals surface area contributed by atoms with Gasteiger partial charge in [-0.2, -0.15) is 8.42 Å². The Hall–Kier alpha value is -2.75. The third-order valence-electron chi connectivity index (χ3n) is 5.34. The first-order valence-corrected chi connectivity index (χ1v) is 12.1. The molecule has 170 valence electrons. The lowest BCUT2D eigenvalue weighted by Gasteiger charge is -2.27. The first kappa shape index (κ1) is 23.9. The minimum absolute atomic E-state index is 0.0423. The van der Waals surface area contributed by atoms with Gasteiger partial charge in [-0.15, -0.1) is 0 Å². The number of nitrogens with zero attached hydrogens (tertiary/aromatic N) is 2. The van der Waals surface area contributed by atoms with Gasteiger partial charge in [0.1, 0.15) is 6.04 Å². The number of carbonyl (C=O) groups is 2. The molecule has 0 fully saturated rings. The summed E-state index contributed by atoms with van der Waals surface area (Å²) in [6.45, 7) is 3.89. The van der Waals surface area contributed by atoms with Gasteiger partial charge in [0.05, 0.1) is 11.4 Å². The molecule has 10 heteroatoms. The van der Waals surface area contributed by atoms with Crippen LogP contribution in [0.3, 0.4) is 0 Å². The highest BCUT2D eigenvalue weighted by Crippen LogP contribution is 2.33. The zero-order chi connectivity index (χ0) is 23.5. The van der Waals surface area contributed by atoms with E-state index in [4.69, 9.17) is 21.7 Å². The van der Waals surface area contributed by atoms with Crippen LogP contribution >= 0.6 is 11.6 Å². The summed E-state index contributed by atoms with van der Waals surface area (Å²) in [6.07, 6.45) is 0.469. The van der Waals surface area contributed by atoms with Crippen LogP contribution in [0, 0.1) is 5.92 Å². The zero-order valence-electron chi connectivity index (χ0n) is 17.8. The van der Waals surface area contributed by atoms with E-state index >= 15 is 0 Å². The van der Waals surface area contributed by atoms with E-state index in [0.717, 1.165) is 12.0 Å². The summed E-state index contributed by atoms with van der Waals surface area (Å²) >= 11 is 6.29. The van der Waals surface area contributed by atoms with Crippen molar-refractivity contribution in [2.45, 2.75) is 32.7 Å². The van der Waals surface area contributed by atoms with E-state index in [1.165, 1.54) is 4.90 Å². The summed E-state index contributed by atoms with van der Waals surface area (Å²) in [5.74, 6) is -1.13. The van der Waals surface area contributed by atoms with Crippen molar-refractivity contribution >= 4 is 45.0 Å². The predicted molar refractivity (Wildman–Crippen MR) is 125 cm³/mol.